The second kappa shape index (κ2) is 24.8. The third-order valence-corrected chi connectivity index (χ3v) is 12.3. The number of amides is 2. The van der Waals surface area contributed by atoms with E-state index in [0.29, 0.717) is 60.2 Å². The van der Waals surface area contributed by atoms with Crippen molar-refractivity contribution in [2.75, 3.05) is 25.1 Å². The molecule has 21 heteroatoms. The van der Waals surface area contributed by atoms with Crippen LogP contribution in [0.1, 0.15) is 87.2 Å². The number of nitrogens with one attached hydrogen (secondary N) is 3. The number of unbranched alkanes of at least 4 members (excludes halogenated alkanes) is 1. The first kappa shape index (κ1) is 54.3. The second-order valence-corrected chi connectivity index (χ2v) is 20.2. The SMILES string of the molecule is CC(C)COc1cc(F)cc(-c2ccc(C(=O)NS(=O)(=O)c3cccc(F)n3)c(Cl)n2)c1.CCCCc1cccc(S(=O)(=O)NC(=O)c2ccc(-c3cc(F)cc(OCC(C)C)c3)nc2NCCC)n1. The molecule has 0 atom stereocenters. The predicted molar refractivity (Wildman–Crippen MR) is 260 cm³/mol. The van der Waals surface area contributed by atoms with Gasteiger partial charge < -0.3 is 14.8 Å². The van der Waals surface area contributed by atoms with Crippen molar-refractivity contribution >= 4 is 49.3 Å². The van der Waals surface area contributed by atoms with Gasteiger partial charge in [0.2, 0.25) is 5.95 Å². The molecule has 0 saturated carbocycles. The molecule has 2 amide bonds. The summed E-state index contributed by atoms with van der Waals surface area (Å²) in [5, 5.41) is 1.88. The molecule has 372 valence electrons. The number of sulfonamides is 2. The summed E-state index contributed by atoms with van der Waals surface area (Å²) in [7, 11) is -8.65. The summed E-state index contributed by atoms with van der Waals surface area (Å²) < 4.78 is 107. The minimum Gasteiger partial charge on any atom is -0.493 e. The molecular weight excluding hydrogens is 971 g/mol. The van der Waals surface area contributed by atoms with Gasteiger partial charge in [0.1, 0.15) is 34.1 Å². The van der Waals surface area contributed by atoms with E-state index in [1.165, 1.54) is 48.5 Å². The summed E-state index contributed by atoms with van der Waals surface area (Å²) in [6.07, 6.45) is 3.22. The number of carbonyl (C=O) groups is 2. The Labute approximate surface area is 410 Å². The van der Waals surface area contributed by atoms with Gasteiger partial charge in [0, 0.05) is 35.5 Å². The second-order valence-electron chi connectivity index (χ2n) is 16.6. The fourth-order valence-electron chi connectivity index (χ4n) is 6.16. The standard InChI is InChI=1S/C28H35FN4O4S.C21H18ClF2N3O4S/c1-5-7-9-22-10-8-11-26(31-22)38(35,36)33-28(34)24-12-13-25(32-27(24)30-14-6-2)20-15-21(29)17-23(16-20)37-18-19(3)4;1-12(2)11-31-15-9-13(8-14(23)10-15)17-7-6-16(20(22)25-17)21(28)27-32(29,30)19-5-3-4-18(24)26-19/h8,10-13,15-17,19H,5-7,9,14,18H2,1-4H3,(H,30,32)(H,33,34);3-10,12H,11H2,1-2H3,(H,27,28). The Kier molecular flexibility index (Phi) is 19.2. The Morgan fingerprint density at radius 3 is 1.66 bits per heavy atom. The number of carbonyl (C=O) groups excluding carboxylic acids is 2. The van der Waals surface area contributed by atoms with E-state index in [0.717, 1.165) is 37.5 Å². The highest BCUT2D eigenvalue weighted by atomic mass is 35.5. The molecule has 0 radical (unpaired) electrons. The molecule has 0 fully saturated rings. The molecule has 4 heterocycles. The lowest BCUT2D eigenvalue weighted by atomic mass is 10.1. The van der Waals surface area contributed by atoms with E-state index in [2.05, 4.69) is 30.0 Å². The van der Waals surface area contributed by atoms with E-state index in [1.54, 1.807) is 35.1 Å². The van der Waals surface area contributed by atoms with Gasteiger partial charge >= 0.3 is 0 Å². The van der Waals surface area contributed by atoms with E-state index in [-0.39, 0.29) is 44.7 Å². The van der Waals surface area contributed by atoms with Crippen molar-refractivity contribution in [3.8, 4) is 34.0 Å². The molecule has 0 bridgehead atoms. The molecule has 2 aromatic carbocycles. The van der Waals surface area contributed by atoms with Gasteiger partial charge in [-0.15, -0.1) is 0 Å². The fraction of sp³-hybridized carbons (Fsp3) is 0.306. The lowest BCUT2D eigenvalue weighted by molar-refractivity contribution is 0.0972. The van der Waals surface area contributed by atoms with Crippen LogP contribution in [0.4, 0.5) is 19.0 Å². The minimum absolute atomic E-state index is 0.0422. The third kappa shape index (κ3) is 15.7. The normalized spacial score (nSPS) is 11.4. The minimum atomic E-state index is -4.44. The smallest absolute Gasteiger partial charge is 0.281 e. The number of ether oxygens (including phenoxy) is 2. The maximum Gasteiger partial charge on any atom is 0.281 e. The van der Waals surface area contributed by atoms with Gasteiger partial charge in [-0.2, -0.15) is 21.2 Å². The fourth-order valence-corrected chi connectivity index (χ4v) is 8.28. The molecule has 0 aliphatic rings. The summed E-state index contributed by atoms with van der Waals surface area (Å²) in [4.78, 5) is 41.6. The maximum atomic E-state index is 14.3. The number of rotatable bonds is 20. The van der Waals surface area contributed by atoms with Crippen molar-refractivity contribution in [2.24, 2.45) is 11.8 Å². The largest absolute Gasteiger partial charge is 0.493 e. The Morgan fingerprint density at radius 2 is 1.14 bits per heavy atom. The molecule has 3 N–H and O–H groups in total. The summed E-state index contributed by atoms with van der Waals surface area (Å²) in [5.74, 6) is -2.58. The Morgan fingerprint density at radius 1 is 0.629 bits per heavy atom. The predicted octanol–water partition coefficient (Wildman–Crippen LogP) is 9.83. The van der Waals surface area contributed by atoms with Crippen LogP contribution < -0.4 is 24.2 Å². The van der Waals surface area contributed by atoms with Crippen LogP contribution in [0.5, 0.6) is 11.5 Å². The Hall–Kier alpha value is -6.64. The summed E-state index contributed by atoms with van der Waals surface area (Å²) in [6, 6.07) is 21.9. The van der Waals surface area contributed by atoms with Crippen LogP contribution in [-0.2, 0) is 26.5 Å². The first-order valence-corrected chi connectivity index (χ1v) is 25.5. The maximum absolute atomic E-state index is 14.3. The van der Waals surface area contributed by atoms with Gasteiger partial charge in [-0.1, -0.05) is 71.7 Å². The number of pyridine rings is 4. The zero-order valence-electron chi connectivity index (χ0n) is 39.2. The number of nitrogens with zero attached hydrogens (tertiary/aromatic N) is 4. The number of benzene rings is 2. The average Bonchev–Trinajstić information content (AvgIpc) is 3.30. The zero-order valence-corrected chi connectivity index (χ0v) is 41.6. The first-order chi connectivity index (χ1) is 33.2. The molecule has 0 aliphatic carbocycles. The van der Waals surface area contributed by atoms with Crippen molar-refractivity contribution < 1.29 is 49.1 Å². The molecule has 0 unspecified atom stereocenters. The van der Waals surface area contributed by atoms with E-state index in [9.17, 15) is 39.6 Å². The summed E-state index contributed by atoms with van der Waals surface area (Å²) in [5.41, 5.74) is 1.91. The molecule has 15 nitrogen and oxygen atoms in total. The van der Waals surface area contributed by atoms with Gasteiger partial charge in [-0.05, 0) is 104 Å². The lowest BCUT2D eigenvalue weighted by Gasteiger charge is -2.14. The van der Waals surface area contributed by atoms with Crippen LogP contribution >= 0.6 is 11.6 Å². The number of anilines is 1. The van der Waals surface area contributed by atoms with E-state index < -0.39 is 54.5 Å². The average molecular weight is 1020 g/mol. The highest BCUT2D eigenvalue weighted by Gasteiger charge is 2.25. The molecule has 4 aromatic heterocycles. The van der Waals surface area contributed by atoms with Gasteiger partial charge in [0.05, 0.1) is 35.7 Å². The number of halogens is 4. The number of aryl methyl sites for hydroxylation is 1. The summed E-state index contributed by atoms with van der Waals surface area (Å²) in [6.45, 7) is 13.2. The topological polar surface area (TPSA) is 209 Å². The van der Waals surface area contributed by atoms with Crippen LogP contribution in [0.25, 0.3) is 22.5 Å². The third-order valence-electron chi connectivity index (χ3n) is 9.54. The molecule has 0 aliphatic heterocycles. The van der Waals surface area contributed by atoms with Crippen LogP contribution in [0.15, 0.2) is 107 Å². The van der Waals surface area contributed by atoms with Crippen molar-refractivity contribution in [3.05, 3.63) is 137 Å². The van der Waals surface area contributed by atoms with Crippen LogP contribution in [0, 0.1) is 29.4 Å². The highest BCUT2D eigenvalue weighted by Crippen LogP contribution is 2.29. The Balaban J connectivity index is 0.000000265. The van der Waals surface area contributed by atoms with E-state index in [4.69, 9.17) is 21.1 Å². The molecule has 70 heavy (non-hydrogen) atoms. The van der Waals surface area contributed by atoms with Crippen molar-refractivity contribution in [2.45, 2.75) is 77.3 Å². The number of hydrogen-bond acceptors (Lipinski definition) is 13. The molecular formula is C49H53ClF3N7O8S2. The molecule has 6 aromatic rings. The molecule has 0 spiro atoms. The quantitative estimate of drug-likeness (QED) is 0.0609. The van der Waals surface area contributed by atoms with Crippen LogP contribution in [-0.4, -0.2) is 68.3 Å². The first-order valence-electron chi connectivity index (χ1n) is 22.2. The monoisotopic (exact) mass is 1020 g/mol. The van der Waals surface area contributed by atoms with Crippen LogP contribution in [0.3, 0.4) is 0 Å². The van der Waals surface area contributed by atoms with Gasteiger partial charge in [-0.3, -0.25) is 9.59 Å². The number of aromatic nitrogens is 4. The molecule has 0 saturated heterocycles. The van der Waals surface area contributed by atoms with Gasteiger partial charge in [0.25, 0.3) is 31.9 Å². The van der Waals surface area contributed by atoms with Crippen molar-refractivity contribution in [1.29, 1.82) is 0 Å². The van der Waals surface area contributed by atoms with Crippen LogP contribution in [0.2, 0.25) is 5.15 Å². The van der Waals surface area contributed by atoms with E-state index in [1.807, 2.05) is 41.5 Å². The van der Waals surface area contributed by atoms with Crippen molar-refractivity contribution in [3.63, 3.8) is 0 Å². The number of hydrogen-bond donors (Lipinski definition) is 3. The van der Waals surface area contributed by atoms with Gasteiger partial charge in [-0.25, -0.2) is 38.2 Å². The van der Waals surface area contributed by atoms with Crippen molar-refractivity contribution in [1.82, 2.24) is 29.4 Å². The zero-order chi connectivity index (χ0) is 51.2. The lowest BCUT2D eigenvalue weighted by Crippen LogP contribution is -2.32. The van der Waals surface area contributed by atoms with E-state index >= 15 is 0 Å². The highest BCUT2D eigenvalue weighted by molar-refractivity contribution is 7.90. The summed E-state index contributed by atoms with van der Waals surface area (Å²) >= 11 is 6.09. The molecule has 6 rings (SSSR count). The Bertz CT molecular complexity index is 3040. The van der Waals surface area contributed by atoms with Gasteiger partial charge in [0.15, 0.2) is 10.1 Å².